The quantitative estimate of drug-likeness (QED) is 0.478. The number of benzene rings is 2. The largest absolute Gasteiger partial charge is 0.482 e. The fourth-order valence-corrected chi connectivity index (χ4v) is 5.07. The van der Waals surface area contributed by atoms with Crippen molar-refractivity contribution in [3.63, 3.8) is 0 Å². The van der Waals surface area contributed by atoms with Gasteiger partial charge in [0, 0.05) is 58.1 Å². The van der Waals surface area contributed by atoms with Crippen molar-refractivity contribution in [1.82, 2.24) is 15.2 Å². The van der Waals surface area contributed by atoms with Crippen LogP contribution in [-0.2, 0) is 0 Å². The van der Waals surface area contributed by atoms with Gasteiger partial charge in [0.2, 0.25) is 0 Å². The minimum Gasteiger partial charge on any atom is -0.482 e. The number of halogens is 2. The van der Waals surface area contributed by atoms with Crippen LogP contribution in [0.3, 0.4) is 0 Å². The Kier molecular flexibility index (Phi) is 7.31. The maximum absolute atomic E-state index is 13.2. The number of pyridine rings is 1. The molecule has 3 aromatic rings. The van der Waals surface area contributed by atoms with Crippen LogP contribution in [0.15, 0.2) is 54.7 Å². The molecule has 0 aliphatic carbocycles. The lowest BCUT2D eigenvalue weighted by Crippen LogP contribution is -2.55. The molecule has 0 spiro atoms. The molecule has 2 heterocycles. The van der Waals surface area contributed by atoms with Crippen molar-refractivity contribution in [1.29, 1.82) is 0 Å². The summed E-state index contributed by atoms with van der Waals surface area (Å²) in [6.07, 6.45) is 1.23. The summed E-state index contributed by atoms with van der Waals surface area (Å²) in [5.74, 6) is 0.696. The highest BCUT2D eigenvalue weighted by Gasteiger charge is 2.26. The monoisotopic (exact) mass is 498 g/mol. The predicted molar refractivity (Wildman–Crippen MR) is 138 cm³/mol. The maximum Gasteiger partial charge on any atom is 0.253 e. The first-order valence-corrected chi connectivity index (χ1v) is 12.0. The first kappa shape index (κ1) is 24.3. The molecule has 3 atom stereocenters. The Hall–Kier alpha value is -2.80. The molecule has 1 amide bonds. The molecule has 0 saturated carbocycles. The van der Waals surface area contributed by atoms with Crippen LogP contribution in [0.1, 0.15) is 42.8 Å². The molecule has 1 unspecified atom stereocenters. The summed E-state index contributed by atoms with van der Waals surface area (Å²) in [6.45, 7) is 7.39. The Morgan fingerprint density at radius 3 is 2.41 bits per heavy atom. The molecule has 1 aliphatic heterocycles. The molecule has 0 radical (unpaired) electrons. The molecule has 34 heavy (non-hydrogen) atoms. The zero-order valence-corrected chi connectivity index (χ0v) is 20.9. The molecule has 6 nitrogen and oxygen atoms in total. The van der Waals surface area contributed by atoms with Gasteiger partial charge in [-0.1, -0.05) is 41.4 Å². The van der Waals surface area contributed by atoms with E-state index in [4.69, 9.17) is 33.7 Å². The van der Waals surface area contributed by atoms with Crippen molar-refractivity contribution in [2.75, 3.05) is 18.8 Å². The summed E-state index contributed by atoms with van der Waals surface area (Å²) in [6, 6.07) is 15.2. The van der Waals surface area contributed by atoms with Gasteiger partial charge in [-0.25, -0.2) is 4.98 Å². The van der Waals surface area contributed by atoms with E-state index in [2.05, 4.69) is 24.1 Å². The molecule has 8 heteroatoms. The molecular weight excluding hydrogens is 471 g/mol. The number of nitrogens with two attached hydrogens (primary N) is 1. The van der Waals surface area contributed by atoms with E-state index in [1.165, 1.54) is 0 Å². The summed E-state index contributed by atoms with van der Waals surface area (Å²) < 4.78 is 6.11. The van der Waals surface area contributed by atoms with Crippen molar-refractivity contribution in [2.45, 2.75) is 39.0 Å². The van der Waals surface area contributed by atoms with E-state index in [1.54, 1.807) is 24.4 Å². The fourth-order valence-electron chi connectivity index (χ4n) is 4.36. The van der Waals surface area contributed by atoms with Crippen LogP contribution in [0.4, 0.5) is 5.82 Å². The molecule has 4 rings (SSSR count). The van der Waals surface area contributed by atoms with E-state index in [0.717, 1.165) is 11.1 Å². The second-order valence-electron chi connectivity index (χ2n) is 8.76. The van der Waals surface area contributed by atoms with E-state index in [-0.39, 0.29) is 23.8 Å². The Morgan fingerprint density at radius 1 is 1.09 bits per heavy atom. The van der Waals surface area contributed by atoms with Crippen molar-refractivity contribution in [2.24, 2.45) is 0 Å². The van der Waals surface area contributed by atoms with Gasteiger partial charge in [0.25, 0.3) is 5.91 Å². The van der Waals surface area contributed by atoms with Gasteiger partial charge in [-0.15, -0.1) is 0 Å². The zero-order valence-electron chi connectivity index (χ0n) is 19.4. The van der Waals surface area contributed by atoms with E-state index in [9.17, 15) is 4.79 Å². The lowest BCUT2D eigenvalue weighted by molar-refractivity contribution is 0.0674. The first-order valence-electron chi connectivity index (χ1n) is 11.2. The number of anilines is 1. The number of carbonyl (C=O) groups is 1. The van der Waals surface area contributed by atoms with E-state index < -0.39 is 6.10 Å². The number of hydrogen-bond donors (Lipinski definition) is 2. The minimum absolute atomic E-state index is 0.0175. The molecule has 3 N–H and O–H groups in total. The number of nitrogens with one attached hydrogen (secondary N) is 1. The van der Waals surface area contributed by atoms with Crippen LogP contribution >= 0.6 is 23.2 Å². The van der Waals surface area contributed by atoms with Crippen molar-refractivity contribution >= 4 is 34.9 Å². The third kappa shape index (κ3) is 5.30. The standard InChI is InChI=1S/C26H28Cl2N4O2/c1-15-13-32(14-16(2)31-15)26(33)19-7-4-6-18(10-19)20-11-23(25(29)30-12-20)34-17(3)24-21(27)8-5-9-22(24)28/h4-12,15-17,31H,13-14H2,1-3H3,(H2,29,30)/t15-,16+,17?. The number of carbonyl (C=O) groups excluding carboxylic acids is 1. The highest BCUT2D eigenvalue weighted by atomic mass is 35.5. The molecule has 2 aromatic carbocycles. The number of nitrogen functional groups attached to an aromatic ring is 1. The lowest BCUT2D eigenvalue weighted by Gasteiger charge is -2.36. The molecular formula is C26H28Cl2N4O2. The molecule has 1 fully saturated rings. The van der Waals surface area contributed by atoms with Gasteiger partial charge in [0.05, 0.1) is 0 Å². The highest BCUT2D eigenvalue weighted by Crippen LogP contribution is 2.36. The lowest BCUT2D eigenvalue weighted by atomic mass is 10.0. The molecule has 1 aromatic heterocycles. The number of nitrogens with zero attached hydrogens (tertiary/aromatic N) is 2. The minimum atomic E-state index is -0.440. The number of hydrogen-bond acceptors (Lipinski definition) is 5. The molecule has 0 bridgehead atoms. The van der Waals surface area contributed by atoms with Gasteiger partial charge in [-0.2, -0.15) is 0 Å². The van der Waals surface area contributed by atoms with Crippen LogP contribution in [0.5, 0.6) is 5.75 Å². The van der Waals surface area contributed by atoms with Gasteiger partial charge < -0.3 is 20.7 Å². The topological polar surface area (TPSA) is 80.5 Å². The van der Waals surface area contributed by atoms with E-state index in [1.807, 2.05) is 42.2 Å². The van der Waals surface area contributed by atoms with E-state index in [0.29, 0.717) is 40.0 Å². The van der Waals surface area contributed by atoms with Crippen molar-refractivity contribution in [3.05, 3.63) is 75.9 Å². The SMILES string of the molecule is CC(Oc1cc(-c2cccc(C(=O)N3C[C@@H](C)N[C@@H](C)C3)c2)cnc1N)c1c(Cl)cccc1Cl. The van der Waals surface area contributed by atoms with Crippen LogP contribution < -0.4 is 15.8 Å². The first-order chi connectivity index (χ1) is 16.2. The van der Waals surface area contributed by atoms with E-state index >= 15 is 0 Å². The highest BCUT2D eigenvalue weighted by molar-refractivity contribution is 6.36. The number of rotatable bonds is 5. The summed E-state index contributed by atoms with van der Waals surface area (Å²) in [4.78, 5) is 19.4. The fraction of sp³-hybridized carbons (Fsp3) is 0.308. The van der Waals surface area contributed by atoms with Gasteiger partial charge in [0.15, 0.2) is 11.6 Å². The van der Waals surface area contributed by atoms with Crippen LogP contribution in [-0.4, -0.2) is 41.0 Å². The van der Waals surface area contributed by atoms with Crippen molar-refractivity contribution in [3.8, 4) is 16.9 Å². The predicted octanol–water partition coefficient (Wildman–Crippen LogP) is 5.60. The third-order valence-corrected chi connectivity index (χ3v) is 6.54. The summed E-state index contributed by atoms with van der Waals surface area (Å²) in [7, 11) is 0. The molecule has 1 saturated heterocycles. The number of ether oxygens (including phenoxy) is 1. The third-order valence-electron chi connectivity index (χ3n) is 5.88. The average molecular weight is 499 g/mol. The van der Waals surface area contributed by atoms with Crippen molar-refractivity contribution < 1.29 is 9.53 Å². The second kappa shape index (κ2) is 10.2. The molecule has 178 valence electrons. The Labute approximate surface area is 210 Å². The van der Waals surface area contributed by atoms with Crippen LogP contribution in [0.25, 0.3) is 11.1 Å². The summed E-state index contributed by atoms with van der Waals surface area (Å²) in [5.41, 5.74) is 9.06. The Balaban J connectivity index is 1.59. The van der Waals surface area contributed by atoms with Gasteiger partial charge in [0.1, 0.15) is 6.10 Å². The zero-order chi connectivity index (χ0) is 24.4. The number of amides is 1. The molecule has 1 aliphatic rings. The maximum atomic E-state index is 13.2. The Bertz CT molecular complexity index is 1170. The average Bonchev–Trinajstić information content (AvgIpc) is 2.79. The van der Waals surface area contributed by atoms with Gasteiger partial charge >= 0.3 is 0 Å². The normalized spacial score (nSPS) is 19.0. The van der Waals surface area contributed by atoms with Crippen LogP contribution in [0.2, 0.25) is 10.0 Å². The van der Waals surface area contributed by atoms with Gasteiger partial charge in [-0.3, -0.25) is 4.79 Å². The number of aromatic nitrogens is 1. The van der Waals surface area contributed by atoms with Crippen LogP contribution in [0, 0.1) is 0 Å². The second-order valence-corrected chi connectivity index (χ2v) is 9.58. The summed E-state index contributed by atoms with van der Waals surface area (Å²) >= 11 is 12.7. The van der Waals surface area contributed by atoms with Gasteiger partial charge in [-0.05, 0) is 56.7 Å². The Morgan fingerprint density at radius 2 is 1.74 bits per heavy atom. The smallest absolute Gasteiger partial charge is 0.253 e. The summed E-state index contributed by atoms with van der Waals surface area (Å²) in [5, 5.41) is 4.49. The number of piperazine rings is 1.